The SMILES string of the molecule is COc1cccc(N=Cc2ccn(C3CCCCC3)c2)c1. The largest absolute Gasteiger partial charge is 0.497 e. The number of hydrogen-bond acceptors (Lipinski definition) is 2. The molecule has 0 atom stereocenters. The van der Waals surface area contributed by atoms with Crippen molar-refractivity contribution < 1.29 is 4.74 Å². The second-order valence-corrected chi connectivity index (χ2v) is 5.64. The van der Waals surface area contributed by atoms with Gasteiger partial charge < -0.3 is 9.30 Å². The lowest BCUT2D eigenvalue weighted by Crippen LogP contribution is -2.10. The van der Waals surface area contributed by atoms with Crippen molar-refractivity contribution in [2.75, 3.05) is 7.11 Å². The van der Waals surface area contributed by atoms with Crippen LogP contribution in [0.25, 0.3) is 0 Å². The summed E-state index contributed by atoms with van der Waals surface area (Å²) in [6.07, 6.45) is 13.0. The second kappa shape index (κ2) is 6.61. The van der Waals surface area contributed by atoms with Gasteiger partial charge in [0, 0.05) is 36.3 Å². The fraction of sp³-hybridized carbons (Fsp3) is 0.389. The van der Waals surface area contributed by atoms with E-state index in [0.29, 0.717) is 6.04 Å². The molecule has 110 valence electrons. The molecular formula is C18H22N2O. The van der Waals surface area contributed by atoms with E-state index >= 15 is 0 Å². The zero-order chi connectivity index (χ0) is 14.5. The number of benzene rings is 1. The van der Waals surface area contributed by atoms with Crippen LogP contribution < -0.4 is 4.74 Å². The van der Waals surface area contributed by atoms with Crippen LogP contribution in [-0.2, 0) is 0 Å². The highest BCUT2D eigenvalue weighted by Gasteiger charge is 2.14. The molecule has 1 saturated carbocycles. The molecule has 0 spiro atoms. The quantitative estimate of drug-likeness (QED) is 0.743. The molecule has 21 heavy (non-hydrogen) atoms. The first-order chi connectivity index (χ1) is 10.3. The Morgan fingerprint density at radius 1 is 1.19 bits per heavy atom. The van der Waals surface area contributed by atoms with Gasteiger partial charge in [0.15, 0.2) is 0 Å². The summed E-state index contributed by atoms with van der Waals surface area (Å²) in [6, 6.07) is 10.6. The molecule has 2 aromatic rings. The van der Waals surface area contributed by atoms with E-state index in [9.17, 15) is 0 Å². The molecule has 0 amide bonds. The van der Waals surface area contributed by atoms with Crippen molar-refractivity contribution in [1.82, 2.24) is 4.57 Å². The molecule has 0 saturated heterocycles. The molecule has 3 heteroatoms. The molecular weight excluding hydrogens is 260 g/mol. The average Bonchev–Trinajstić information content (AvgIpc) is 3.03. The molecule has 1 aromatic heterocycles. The lowest BCUT2D eigenvalue weighted by molar-refractivity contribution is 0.354. The van der Waals surface area contributed by atoms with Crippen LogP contribution in [0.1, 0.15) is 43.7 Å². The van der Waals surface area contributed by atoms with Gasteiger partial charge in [-0.2, -0.15) is 0 Å². The molecule has 1 heterocycles. The monoisotopic (exact) mass is 282 g/mol. The maximum atomic E-state index is 5.21. The Morgan fingerprint density at radius 3 is 2.86 bits per heavy atom. The first-order valence-electron chi connectivity index (χ1n) is 7.71. The number of hydrogen-bond donors (Lipinski definition) is 0. The van der Waals surface area contributed by atoms with Gasteiger partial charge in [-0.25, -0.2) is 0 Å². The van der Waals surface area contributed by atoms with E-state index in [0.717, 1.165) is 17.0 Å². The van der Waals surface area contributed by atoms with Gasteiger partial charge in [-0.15, -0.1) is 0 Å². The lowest BCUT2D eigenvalue weighted by Gasteiger charge is -2.23. The molecule has 1 aliphatic carbocycles. The highest BCUT2D eigenvalue weighted by atomic mass is 16.5. The van der Waals surface area contributed by atoms with Gasteiger partial charge in [-0.3, -0.25) is 4.99 Å². The van der Waals surface area contributed by atoms with E-state index in [4.69, 9.17) is 4.74 Å². The zero-order valence-electron chi connectivity index (χ0n) is 12.5. The maximum Gasteiger partial charge on any atom is 0.121 e. The van der Waals surface area contributed by atoms with E-state index in [1.807, 2.05) is 30.5 Å². The van der Waals surface area contributed by atoms with Gasteiger partial charge in [-0.05, 0) is 31.0 Å². The Balaban J connectivity index is 1.69. The van der Waals surface area contributed by atoms with Gasteiger partial charge in [0.25, 0.3) is 0 Å². The van der Waals surface area contributed by atoms with Gasteiger partial charge in [0.05, 0.1) is 12.8 Å². The predicted molar refractivity (Wildman–Crippen MR) is 86.8 cm³/mol. The summed E-state index contributed by atoms with van der Waals surface area (Å²) in [6.45, 7) is 0. The molecule has 1 aromatic carbocycles. The Hall–Kier alpha value is -2.03. The van der Waals surface area contributed by atoms with Crippen LogP contribution in [0.2, 0.25) is 0 Å². The van der Waals surface area contributed by atoms with Crippen molar-refractivity contribution in [2.24, 2.45) is 4.99 Å². The van der Waals surface area contributed by atoms with Crippen molar-refractivity contribution in [3.63, 3.8) is 0 Å². The van der Waals surface area contributed by atoms with E-state index in [1.54, 1.807) is 7.11 Å². The number of rotatable bonds is 4. The summed E-state index contributed by atoms with van der Waals surface area (Å²) in [7, 11) is 1.67. The first-order valence-corrected chi connectivity index (χ1v) is 7.71. The smallest absolute Gasteiger partial charge is 0.121 e. The molecule has 0 aliphatic heterocycles. The number of nitrogens with zero attached hydrogens (tertiary/aromatic N) is 2. The average molecular weight is 282 g/mol. The number of ether oxygens (including phenoxy) is 1. The molecule has 0 bridgehead atoms. The van der Waals surface area contributed by atoms with Gasteiger partial charge in [0.1, 0.15) is 5.75 Å². The summed E-state index contributed by atoms with van der Waals surface area (Å²) in [4.78, 5) is 4.53. The highest BCUT2D eigenvalue weighted by Crippen LogP contribution is 2.28. The Morgan fingerprint density at radius 2 is 2.05 bits per heavy atom. The fourth-order valence-electron chi connectivity index (χ4n) is 2.95. The third-order valence-electron chi connectivity index (χ3n) is 4.15. The highest BCUT2D eigenvalue weighted by molar-refractivity contribution is 5.81. The molecule has 3 nitrogen and oxygen atoms in total. The minimum Gasteiger partial charge on any atom is -0.497 e. The summed E-state index contributed by atoms with van der Waals surface area (Å²) in [5.41, 5.74) is 2.07. The minimum absolute atomic E-state index is 0.678. The lowest BCUT2D eigenvalue weighted by atomic mass is 9.95. The van der Waals surface area contributed by atoms with Crippen molar-refractivity contribution in [2.45, 2.75) is 38.1 Å². The summed E-state index contributed by atoms with van der Waals surface area (Å²) in [5, 5.41) is 0. The summed E-state index contributed by atoms with van der Waals surface area (Å²) >= 11 is 0. The van der Waals surface area contributed by atoms with Gasteiger partial charge >= 0.3 is 0 Å². The minimum atomic E-state index is 0.678. The normalized spacial score (nSPS) is 16.4. The number of aliphatic imine (C=N–C) groups is 1. The first kappa shape index (κ1) is 13.9. The second-order valence-electron chi connectivity index (χ2n) is 5.64. The topological polar surface area (TPSA) is 26.5 Å². The summed E-state index contributed by atoms with van der Waals surface area (Å²) < 4.78 is 7.57. The van der Waals surface area contributed by atoms with E-state index in [1.165, 1.54) is 32.1 Å². The Kier molecular flexibility index (Phi) is 4.39. The molecule has 0 radical (unpaired) electrons. The van der Waals surface area contributed by atoms with E-state index < -0.39 is 0 Å². The van der Waals surface area contributed by atoms with Crippen LogP contribution in [-0.4, -0.2) is 17.9 Å². The van der Waals surface area contributed by atoms with Crippen LogP contribution in [0.15, 0.2) is 47.7 Å². The third-order valence-corrected chi connectivity index (χ3v) is 4.15. The molecule has 0 unspecified atom stereocenters. The maximum absolute atomic E-state index is 5.21. The van der Waals surface area contributed by atoms with Gasteiger partial charge in [-0.1, -0.05) is 25.3 Å². The Bertz CT molecular complexity index is 609. The van der Waals surface area contributed by atoms with Crippen LogP contribution in [0.4, 0.5) is 5.69 Å². The van der Waals surface area contributed by atoms with Crippen molar-refractivity contribution in [1.29, 1.82) is 0 Å². The predicted octanol–water partition coefficient (Wildman–Crippen LogP) is 4.75. The Labute approximate surface area is 126 Å². The standard InChI is InChI=1S/C18H22N2O/c1-21-18-9-5-6-16(12-18)19-13-15-10-11-20(14-15)17-7-3-2-4-8-17/h5-6,9-14,17H,2-4,7-8H2,1H3. The zero-order valence-corrected chi connectivity index (χ0v) is 12.5. The van der Waals surface area contributed by atoms with Crippen LogP contribution in [0.5, 0.6) is 5.75 Å². The van der Waals surface area contributed by atoms with Gasteiger partial charge in [0.2, 0.25) is 0 Å². The third kappa shape index (κ3) is 3.54. The van der Waals surface area contributed by atoms with Crippen molar-refractivity contribution in [3.8, 4) is 5.75 Å². The molecule has 0 N–H and O–H groups in total. The van der Waals surface area contributed by atoms with Crippen molar-refractivity contribution >= 4 is 11.9 Å². The van der Waals surface area contributed by atoms with Crippen LogP contribution in [0, 0.1) is 0 Å². The molecule has 1 fully saturated rings. The molecule has 1 aliphatic rings. The number of aromatic nitrogens is 1. The van der Waals surface area contributed by atoms with Crippen LogP contribution in [0.3, 0.4) is 0 Å². The van der Waals surface area contributed by atoms with Crippen molar-refractivity contribution in [3.05, 3.63) is 48.3 Å². The van der Waals surface area contributed by atoms with E-state index in [2.05, 4.69) is 28.0 Å². The molecule has 3 rings (SSSR count). The number of methoxy groups -OCH3 is 1. The van der Waals surface area contributed by atoms with Crippen LogP contribution >= 0.6 is 0 Å². The summed E-state index contributed by atoms with van der Waals surface area (Å²) in [5.74, 6) is 0.837. The fourth-order valence-corrected chi connectivity index (χ4v) is 2.95. The van der Waals surface area contributed by atoms with E-state index in [-0.39, 0.29) is 0 Å².